The summed E-state index contributed by atoms with van der Waals surface area (Å²) in [6.07, 6.45) is 0.0246. The Bertz CT molecular complexity index is 1190. The molecule has 2 atom stereocenters. The summed E-state index contributed by atoms with van der Waals surface area (Å²) in [6, 6.07) is 20.0. The molecule has 166 valence electrons. The van der Waals surface area contributed by atoms with Gasteiger partial charge < -0.3 is 5.32 Å². The van der Waals surface area contributed by atoms with Crippen molar-refractivity contribution in [2.45, 2.75) is 25.4 Å². The molecular formula is C25H21N3O5. The van der Waals surface area contributed by atoms with Crippen molar-refractivity contribution < 1.29 is 19.3 Å². The normalized spacial score (nSPS) is 14.5. The number of carbonyl (C=O) groups excluding carboxylic acids is 3. The third-order valence-corrected chi connectivity index (χ3v) is 5.67. The lowest BCUT2D eigenvalue weighted by atomic mass is 10.0. The molecule has 0 saturated heterocycles. The molecule has 0 fully saturated rings. The van der Waals surface area contributed by atoms with Crippen molar-refractivity contribution >= 4 is 23.4 Å². The maximum Gasteiger partial charge on any atom is 0.269 e. The quantitative estimate of drug-likeness (QED) is 0.340. The number of fused-ring (bicyclic) bond motifs is 1. The minimum absolute atomic E-state index is 0.0246. The molecule has 0 spiro atoms. The third kappa shape index (κ3) is 4.36. The van der Waals surface area contributed by atoms with Crippen molar-refractivity contribution in [3.63, 3.8) is 0 Å². The molecule has 0 bridgehead atoms. The number of hydrogen-bond acceptors (Lipinski definition) is 5. The molecule has 3 amide bonds. The third-order valence-electron chi connectivity index (χ3n) is 5.67. The van der Waals surface area contributed by atoms with Crippen molar-refractivity contribution in [1.82, 2.24) is 10.2 Å². The van der Waals surface area contributed by atoms with Crippen LogP contribution in [0.1, 0.15) is 44.8 Å². The SMILES string of the molecule is CC(NC(=O)C(Cc1ccc([N+](=O)[O-])cc1)N1C(=O)c2ccccc2C1=O)c1ccccc1. The van der Waals surface area contributed by atoms with Crippen LogP contribution >= 0.6 is 0 Å². The first-order valence-corrected chi connectivity index (χ1v) is 10.4. The van der Waals surface area contributed by atoms with Gasteiger partial charge in [0.25, 0.3) is 17.5 Å². The van der Waals surface area contributed by atoms with E-state index in [1.165, 1.54) is 24.3 Å². The highest BCUT2D eigenvalue weighted by atomic mass is 16.6. The minimum atomic E-state index is -1.12. The Morgan fingerprint density at radius 3 is 2.00 bits per heavy atom. The fourth-order valence-corrected chi connectivity index (χ4v) is 3.90. The lowest BCUT2D eigenvalue weighted by molar-refractivity contribution is -0.384. The number of benzene rings is 3. The number of rotatable bonds is 7. The van der Waals surface area contributed by atoms with Crippen LogP contribution in [0.15, 0.2) is 78.9 Å². The van der Waals surface area contributed by atoms with Crippen molar-refractivity contribution in [1.29, 1.82) is 0 Å². The van der Waals surface area contributed by atoms with Gasteiger partial charge in [0.15, 0.2) is 0 Å². The van der Waals surface area contributed by atoms with E-state index in [1.807, 2.05) is 37.3 Å². The van der Waals surface area contributed by atoms with Gasteiger partial charge in [0, 0.05) is 18.6 Å². The minimum Gasteiger partial charge on any atom is -0.348 e. The standard InChI is InChI=1S/C25H21N3O5/c1-16(18-7-3-2-4-8-18)26-23(29)22(15-17-11-13-19(14-12-17)28(32)33)27-24(30)20-9-5-6-10-21(20)25(27)31/h2-14,16,22H,15H2,1H3,(H,26,29). The average molecular weight is 443 g/mol. The van der Waals surface area contributed by atoms with Crippen LogP contribution in [-0.2, 0) is 11.2 Å². The second kappa shape index (κ2) is 9.04. The number of hydrogen-bond donors (Lipinski definition) is 1. The highest BCUT2D eigenvalue weighted by Crippen LogP contribution is 2.27. The summed E-state index contributed by atoms with van der Waals surface area (Å²) in [7, 11) is 0. The Kier molecular flexibility index (Phi) is 5.99. The van der Waals surface area contributed by atoms with Crippen molar-refractivity contribution in [3.8, 4) is 0 Å². The van der Waals surface area contributed by atoms with Gasteiger partial charge in [-0.2, -0.15) is 0 Å². The van der Waals surface area contributed by atoms with Crippen molar-refractivity contribution in [3.05, 3.63) is 111 Å². The van der Waals surface area contributed by atoms with Crippen LogP contribution < -0.4 is 5.32 Å². The number of nitrogens with one attached hydrogen (secondary N) is 1. The van der Waals surface area contributed by atoms with Crippen LogP contribution in [0.5, 0.6) is 0 Å². The number of nitro benzene ring substituents is 1. The van der Waals surface area contributed by atoms with E-state index in [4.69, 9.17) is 0 Å². The largest absolute Gasteiger partial charge is 0.348 e. The summed E-state index contributed by atoms with van der Waals surface area (Å²) < 4.78 is 0. The summed E-state index contributed by atoms with van der Waals surface area (Å²) in [5, 5.41) is 13.9. The van der Waals surface area contributed by atoms with E-state index in [0.717, 1.165) is 10.5 Å². The zero-order chi connectivity index (χ0) is 23.5. The van der Waals surface area contributed by atoms with Gasteiger partial charge in [0.1, 0.15) is 6.04 Å². The summed E-state index contributed by atoms with van der Waals surface area (Å²) in [5.74, 6) is -1.56. The Labute approximate surface area is 190 Å². The Morgan fingerprint density at radius 2 is 1.45 bits per heavy atom. The van der Waals surface area contributed by atoms with Crippen LogP contribution in [0.4, 0.5) is 5.69 Å². The number of nitrogens with zero attached hydrogens (tertiary/aromatic N) is 2. The maximum atomic E-state index is 13.4. The van der Waals surface area contributed by atoms with Crippen LogP contribution in [0, 0.1) is 10.1 Å². The summed E-state index contributed by atoms with van der Waals surface area (Å²) in [6.45, 7) is 1.82. The van der Waals surface area contributed by atoms with E-state index >= 15 is 0 Å². The average Bonchev–Trinajstić information content (AvgIpc) is 3.08. The second-order valence-corrected chi connectivity index (χ2v) is 7.81. The maximum absolute atomic E-state index is 13.4. The van der Waals surface area contributed by atoms with E-state index in [1.54, 1.807) is 24.3 Å². The molecule has 4 rings (SSSR count). The van der Waals surface area contributed by atoms with Crippen LogP contribution in [0.3, 0.4) is 0 Å². The molecule has 3 aromatic carbocycles. The van der Waals surface area contributed by atoms with Crippen molar-refractivity contribution in [2.75, 3.05) is 0 Å². The first-order chi connectivity index (χ1) is 15.9. The topological polar surface area (TPSA) is 110 Å². The number of amides is 3. The Balaban J connectivity index is 1.65. The molecule has 1 N–H and O–H groups in total. The Morgan fingerprint density at radius 1 is 0.909 bits per heavy atom. The molecule has 33 heavy (non-hydrogen) atoms. The summed E-state index contributed by atoms with van der Waals surface area (Å²) >= 11 is 0. The zero-order valence-corrected chi connectivity index (χ0v) is 17.8. The van der Waals surface area contributed by atoms with Crippen molar-refractivity contribution in [2.24, 2.45) is 0 Å². The number of carbonyl (C=O) groups is 3. The monoisotopic (exact) mass is 443 g/mol. The van der Waals surface area contributed by atoms with E-state index in [0.29, 0.717) is 5.56 Å². The predicted octanol–water partition coefficient (Wildman–Crippen LogP) is 3.68. The molecule has 8 heteroatoms. The molecule has 1 aliphatic heterocycles. The molecule has 0 aliphatic carbocycles. The highest BCUT2D eigenvalue weighted by molar-refractivity contribution is 6.22. The molecule has 1 heterocycles. The van der Waals surface area contributed by atoms with Gasteiger partial charge in [-0.05, 0) is 30.2 Å². The number of non-ortho nitro benzene ring substituents is 1. The van der Waals surface area contributed by atoms with Crippen LogP contribution in [0.2, 0.25) is 0 Å². The molecule has 0 saturated carbocycles. The first kappa shape index (κ1) is 21.9. The van der Waals surface area contributed by atoms with Gasteiger partial charge in [0.05, 0.1) is 22.1 Å². The Hall–Kier alpha value is -4.33. The molecule has 8 nitrogen and oxygen atoms in total. The lowest BCUT2D eigenvalue weighted by Crippen LogP contribution is -2.51. The molecule has 0 radical (unpaired) electrons. The van der Waals surface area contributed by atoms with Gasteiger partial charge >= 0.3 is 0 Å². The molecular weight excluding hydrogens is 422 g/mol. The zero-order valence-electron chi connectivity index (χ0n) is 17.8. The van der Waals surface area contributed by atoms with E-state index in [2.05, 4.69) is 5.32 Å². The number of imide groups is 1. The fraction of sp³-hybridized carbons (Fsp3) is 0.160. The molecule has 0 aromatic heterocycles. The predicted molar refractivity (Wildman–Crippen MR) is 121 cm³/mol. The molecule has 2 unspecified atom stereocenters. The van der Waals surface area contributed by atoms with Gasteiger partial charge in [0.2, 0.25) is 5.91 Å². The second-order valence-electron chi connectivity index (χ2n) is 7.81. The smallest absolute Gasteiger partial charge is 0.269 e. The fourth-order valence-electron chi connectivity index (χ4n) is 3.90. The molecule has 3 aromatic rings. The summed E-state index contributed by atoms with van der Waals surface area (Å²) in [5.41, 5.74) is 1.88. The molecule has 1 aliphatic rings. The van der Waals surface area contributed by atoms with E-state index in [-0.39, 0.29) is 29.3 Å². The van der Waals surface area contributed by atoms with Gasteiger partial charge in [-0.3, -0.25) is 29.4 Å². The summed E-state index contributed by atoms with van der Waals surface area (Å²) in [4.78, 5) is 51.0. The first-order valence-electron chi connectivity index (χ1n) is 10.4. The van der Waals surface area contributed by atoms with Gasteiger partial charge in [-0.15, -0.1) is 0 Å². The highest BCUT2D eigenvalue weighted by Gasteiger charge is 2.42. The van der Waals surface area contributed by atoms with Gasteiger partial charge in [-0.1, -0.05) is 54.6 Å². The van der Waals surface area contributed by atoms with Gasteiger partial charge in [-0.25, -0.2) is 0 Å². The number of nitro groups is 1. The van der Waals surface area contributed by atoms with E-state index < -0.39 is 28.7 Å². The van der Waals surface area contributed by atoms with E-state index in [9.17, 15) is 24.5 Å². The lowest BCUT2D eigenvalue weighted by Gasteiger charge is -2.27. The van der Waals surface area contributed by atoms with Crippen LogP contribution in [0.25, 0.3) is 0 Å². The van der Waals surface area contributed by atoms with Crippen LogP contribution in [-0.4, -0.2) is 33.6 Å².